The Kier molecular flexibility index (Phi) is 9.90. The second-order valence-corrected chi connectivity index (χ2v) is 10.3. The lowest BCUT2D eigenvalue weighted by Gasteiger charge is -2.26. The molecule has 5 heteroatoms. The molecule has 168 valence electrons. The van der Waals surface area contributed by atoms with Crippen LogP contribution < -0.4 is 15.9 Å². The van der Waals surface area contributed by atoms with Gasteiger partial charge in [0.15, 0.2) is 0 Å². The summed E-state index contributed by atoms with van der Waals surface area (Å²) in [6.45, 7) is 5.30. The lowest BCUT2D eigenvalue weighted by atomic mass is 10.1. The van der Waals surface area contributed by atoms with Crippen molar-refractivity contribution in [2.75, 3.05) is 20.0 Å². The lowest BCUT2D eigenvalue weighted by molar-refractivity contribution is -0.123. The standard InChI is InChI=1S/C27H32NO3P/c1-3-30-21-31-20-26(23-13-7-4-8-14-23)28-27(29)19-22(2)32(24-15-9-5-10-16-24)25-17-11-6-12-18-25/h4-18,22,26H,3,19-21H2,1-2H3,(H,28,29)/t22-,26-/m0/s1. The van der Waals surface area contributed by atoms with Crippen LogP contribution in [0.3, 0.4) is 0 Å². The number of rotatable bonds is 12. The van der Waals surface area contributed by atoms with Crippen molar-refractivity contribution in [2.45, 2.75) is 32.0 Å². The number of carbonyl (C=O) groups is 1. The summed E-state index contributed by atoms with van der Waals surface area (Å²) in [4.78, 5) is 13.1. The van der Waals surface area contributed by atoms with Gasteiger partial charge in [0.05, 0.1) is 12.6 Å². The molecule has 0 aliphatic heterocycles. The summed E-state index contributed by atoms with van der Waals surface area (Å²) < 4.78 is 10.9. The van der Waals surface area contributed by atoms with E-state index in [0.717, 1.165) is 5.56 Å². The monoisotopic (exact) mass is 449 g/mol. The highest BCUT2D eigenvalue weighted by Gasteiger charge is 2.24. The number of hydrogen-bond donors (Lipinski definition) is 1. The largest absolute Gasteiger partial charge is 0.356 e. The van der Waals surface area contributed by atoms with Crippen LogP contribution in [0.5, 0.6) is 0 Å². The molecule has 0 heterocycles. The maximum atomic E-state index is 13.1. The van der Waals surface area contributed by atoms with E-state index in [2.05, 4.69) is 60.8 Å². The highest BCUT2D eigenvalue weighted by molar-refractivity contribution is 7.73. The van der Waals surface area contributed by atoms with Crippen molar-refractivity contribution in [2.24, 2.45) is 0 Å². The first-order chi connectivity index (χ1) is 15.7. The van der Waals surface area contributed by atoms with Crippen molar-refractivity contribution in [1.82, 2.24) is 5.32 Å². The molecule has 0 saturated heterocycles. The number of amides is 1. The molecule has 0 aliphatic carbocycles. The fraction of sp³-hybridized carbons (Fsp3) is 0.296. The molecule has 2 atom stereocenters. The second kappa shape index (κ2) is 13.1. The van der Waals surface area contributed by atoms with Gasteiger partial charge < -0.3 is 14.8 Å². The van der Waals surface area contributed by atoms with E-state index < -0.39 is 7.92 Å². The molecule has 0 radical (unpaired) electrons. The highest BCUT2D eigenvalue weighted by Crippen LogP contribution is 2.40. The van der Waals surface area contributed by atoms with Crippen LogP contribution in [0.4, 0.5) is 0 Å². The van der Waals surface area contributed by atoms with Crippen molar-refractivity contribution >= 4 is 24.4 Å². The van der Waals surface area contributed by atoms with E-state index in [9.17, 15) is 4.79 Å². The molecular formula is C27H32NO3P. The van der Waals surface area contributed by atoms with Crippen LogP contribution in [0.25, 0.3) is 0 Å². The fourth-order valence-corrected chi connectivity index (χ4v) is 6.31. The Bertz CT molecular complexity index is 882. The minimum atomic E-state index is -0.652. The summed E-state index contributed by atoms with van der Waals surface area (Å²) in [6, 6.07) is 30.8. The van der Waals surface area contributed by atoms with Crippen molar-refractivity contribution < 1.29 is 14.3 Å². The number of benzene rings is 3. The Morgan fingerprint density at radius 2 is 1.38 bits per heavy atom. The average Bonchev–Trinajstić information content (AvgIpc) is 2.83. The summed E-state index contributed by atoms with van der Waals surface area (Å²) in [6.07, 6.45) is 0.449. The lowest BCUT2D eigenvalue weighted by Crippen LogP contribution is -2.34. The predicted octanol–water partition coefficient (Wildman–Crippen LogP) is 4.77. The minimum Gasteiger partial charge on any atom is -0.356 e. The molecule has 1 amide bonds. The Morgan fingerprint density at radius 1 is 0.844 bits per heavy atom. The second-order valence-electron chi connectivity index (χ2n) is 7.61. The molecule has 1 N–H and O–H groups in total. The van der Waals surface area contributed by atoms with Gasteiger partial charge in [0.25, 0.3) is 0 Å². The van der Waals surface area contributed by atoms with Crippen LogP contribution >= 0.6 is 7.92 Å². The molecule has 3 rings (SSSR count). The Morgan fingerprint density at radius 3 is 1.91 bits per heavy atom. The van der Waals surface area contributed by atoms with Gasteiger partial charge >= 0.3 is 0 Å². The molecule has 3 aromatic carbocycles. The molecular weight excluding hydrogens is 417 g/mol. The van der Waals surface area contributed by atoms with E-state index in [1.165, 1.54) is 10.6 Å². The van der Waals surface area contributed by atoms with Gasteiger partial charge in [-0.15, -0.1) is 0 Å². The predicted molar refractivity (Wildman–Crippen MR) is 133 cm³/mol. The molecule has 0 aromatic heterocycles. The molecule has 32 heavy (non-hydrogen) atoms. The molecule has 0 aliphatic rings. The molecule has 0 unspecified atom stereocenters. The Balaban J connectivity index is 1.71. The zero-order valence-electron chi connectivity index (χ0n) is 18.8. The smallest absolute Gasteiger partial charge is 0.221 e. The molecule has 3 aromatic rings. The molecule has 0 bridgehead atoms. The van der Waals surface area contributed by atoms with Crippen molar-refractivity contribution in [1.29, 1.82) is 0 Å². The van der Waals surface area contributed by atoms with E-state index in [-0.39, 0.29) is 24.4 Å². The zero-order valence-corrected chi connectivity index (χ0v) is 19.7. The van der Waals surface area contributed by atoms with Gasteiger partial charge in [0, 0.05) is 13.0 Å². The topological polar surface area (TPSA) is 47.6 Å². The van der Waals surface area contributed by atoms with Crippen LogP contribution in [0.1, 0.15) is 31.9 Å². The van der Waals surface area contributed by atoms with Crippen molar-refractivity contribution in [3.63, 3.8) is 0 Å². The first-order valence-corrected chi connectivity index (χ1v) is 12.5. The van der Waals surface area contributed by atoms with Crippen LogP contribution in [0.2, 0.25) is 0 Å². The summed E-state index contributed by atoms with van der Waals surface area (Å²) in [5.74, 6) is 0.0331. The first kappa shape index (κ1) is 24.1. The van der Waals surface area contributed by atoms with E-state index in [1.807, 2.05) is 49.4 Å². The molecule has 4 nitrogen and oxygen atoms in total. The third-order valence-corrected chi connectivity index (χ3v) is 7.96. The van der Waals surface area contributed by atoms with Crippen LogP contribution in [0, 0.1) is 0 Å². The SMILES string of the molecule is CCOCOC[C@H](NC(=O)C[C@H](C)P(c1ccccc1)c1ccccc1)c1ccccc1. The maximum absolute atomic E-state index is 13.1. The van der Waals surface area contributed by atoms with Gasteiger partial charge in [-0.1, -0.05) is 97.9 Å². The van der Waals surface area contributed by atoms with Gasteiger partial charge in [-0.25, -0.2) is 0 Å². The summed E-state index contributed by atoms with van der Waals surface area (Å²) in [5.41, 5.74) is 1.22. The molecule has 0 saturated carbocycles. The molecule has 0 spiro atoms. The third-order valence-electron chi connectivity index (χ3n) is 5.18. The fourth-order valence-electron chi connectivity index (χ4n) is 3.66. The number of carbonyl (C=O) groups excluding carboxylic acids is 1. The number of nitrogens with one attached hydrogen (secondary N) is 1. The van der Waals surface area contributed by atoms with Gasteiger partial charge in [-0.05, 0) is 36.7 Å². The van der Waals surface area contributed by atoms with E-state index in [4.69, 9.17) is 9.47 Å². The van der Waals surface area contributed by atoms with Crippen LogP contribution in [0.15, 0.2) is 91.0 Å². The Labute approximate surface area is 192 Å². The minimum absolute atomic E-state index is 0.0331. The van der Waals surface area contributed by atoms with Gasteiger partial charge in [-0.3, -0.25) is 4.79 Å². The van der Waals surface area contributed by atoms with Crippen LogP contribution in [-0.4, -0.2) is 31.6 Å². The van der Waals surface area contributed by atoms with Crippen molar-refractivity contribution in [3.8, 4) is 0 Å². The first-order valence-electron chi connectivity index (χ1n) is 11.1. The molecule has 0 fully saturated rings. The average molecular weight is 450 g/mol. The summed E-state index contributed by atoms with van der Waals surface area (Å²) in [7, 11) is -0.652. The highest BCUT2D eigenvalue weighted by atomic mass is 31.1. The Hall–Kier alpha value is -2.52. The maximum Gasteiger partial charge on any atom is 0.221 e. The summed E-state index contributed by atoms with van der Waals surface area (Å²) >= 11 is 0. The summed E-state index contributed by atoms with van der Waals surface area (Å²) in [5, 5.41) is 5.76. The van der Waals surface area contributed by atoms with Crippen LogP contribution in [-0.2, 0) is 14.3 Å². The van der Waals surface area contributed by atoms with Crippen molar-refractivity contribution in [3.05, 3.63) is 96.6 Å². The van der Waals surface area contributed by atoms with E-state index in [1.54, 1.807) is 0 Å². The number of ether oxygens (including phenoxy) is 2. The van der Waals surface area contributed by atoms with E-state index in [0.29, 0.717) is 19.6 Å². The zero-order chi connectivity index (χ0) is 22.6. The quantitative estimate of drug-likeness (QED) is 0.246. The third kappa shape index (κ3) is 7.27. The van der Waals surface area contributed by atoms with Gasteiger partial charge in [-0.2, -0.15) is 0 Å². The number of hydrogen-bond acceptors (Lipinski definition) is 3. The van der Waals surface area contributed by atoms with Gasteiger partial charge in [0.2, 0.25) is 5.91 Å². The van der Waals surface area contributed by atoms with Gasteiger partial charge in [0.1, 0.15) is 6.79 Å². The normalized spacial score (nSPS) is 13.0. The van der Waals surface area contributed by atoms with E-state index >= 15 is 0 Å².